The molecule has 7 nitrogen and oxygen atoms in total. The van der Waals surface area contributed by atoms with E-state index >= 15 is 0 Å². The van der Waals surface area contributed by atoms with Crippen molar-refractivity contribution in [3.63, 3.8) is 0 Å². The molecule has 2 aromatic rings. The zero-order chi connectivity index (χ0) is 16.8. The Hall–Kier alpha value is -1.73. The minimum Gasteiger partial charge on any atom is -0.356 e. The Morgan fingerprint density at radius 2 is 2.17 bits per heavy atom. The number of nitrogens with one attached hydrogen (secondary N) is 2. The van der Waals surface area contributed by atoms with E-state index in [0.29, 0.717) is 34.4 Å². The fraction of sp³-hybridized carbons (Fsp3) is 0.500. The Bertz CT molecular complexity index is 679. The van der Waals surface area contributed by atoms with E-state index < -0.39 is 0 Å². The lowest BCUT2D eigenvalue weighted by atomic mass is 10.3. The lowest BCUT2D eigenvalue weighted by Gasteiger charge is -2.12. The molecule has 2 rings (SSSR count). The van der Waals surface area contributed by atoms with Gasteiger partial charge in [0, 0.05) is 32.8 Å². The number of rotatable bonds is 6. The molecular formula is C14H20Cl2N6O. The first-order valence-electron chi connectivity index (χ1n) is 7.24. The summed E-state index contributed by atoms with van der Waals surface area (Å²) in [6.07, 6.45) is 1.60. The second-order valence-electron chi connectivity index (χ2n) is 5.02. The van der Waals surface area contributed by atoms with Crippen LogP contribution >= 0.6 is 23.2 Å². The first-order valence-corrected chi connectivity index (χ1v) is 8.00. The van der Waals surface area contributed by atoms with Crippen molar-refractivity contribution >= 4 is 29.2 Å². The van der Waals surface area contributed by atoms with Gasteiger partial charge in [0.2, 0.25) is 5.89 Å². The minimum atomic E-state index is 0.529. The van der Waals surface area contributed by atoms with E-state index in [-0.39, 0.29) is 0 Å². The van der Waals surface area contributed by atoms with Gasteiger partial charge in [-0.1, -0.05) is 28.4 Å². The van der Waals surface area contributed by atoms with Gasteiger partial charge in [-0.2, -0.15) is 4.98 Å². The van der Waals surface area contributed by atoms with Crippen LogP contribution in [0, 0.1) is 6.92 Å². The Kier molecular flexibility index (Phi) is 6.29. The van der Waals surface area contributed by atoms with Crippen molar-refractivity contribution in [3.05, 3.63) is 33.7 Å². The van der Waals surface area contributed by atoms with Crippen molar-refractivity contribution in [3.8, 4) is 0 Å². The summed E-state index contributed by atoms with van der Waals surface area (Å²) in [5.74, 6) is 2.02. The summed E-state index contributed by atoms with van der Waals surface area (Å²) in [5, 5.41) is 11.3. The summed E-state index contributed by atoms with van der Waals surface area (Å²) < 4.78 is 6.90. The van der Waals surface area contributed by atoms with Gasteiger partial charge in [-0.3, -0.25) is 4.99 Å². The number of aromatic nitrogens is 3. The SMILES string of the molecule is CN=C(NCCCc1nc(C)no1)NCc1cc(Cl)c(Cl)n1C. The van der Waals surface area contributed by atoms with Crippen LogP contribution in [-0.4, -0.2) is 34.3 Å². The largest absolute Gasteiger partial charge is 0.356 e. The molecule has 2 aromatic heterocycles. The standard InChI is InChI=1S/C14H20Cl2N6O/c1-9-20-12(23-21-9)5-4-6-18-14(17-2)19-8-10-7-11(15)13(16)22(10)3/h7H,4-6,8H2,1-3H3,(H2,17,18,19). The number of halogens is 2. The Labute approximate surface area is 145 Å². The van der Waals surface area contributed by atoms with E-state index in [2.05, 4.69) is 25.8 Å². The molecule has 2 N–H and O–H groups in total. The van der Waals surface area contributed by atoms with Crippen LogP contribution in [0.5, 0.6) is 0 Å². The number of guanidine groups is 1. The molecule has 0 aliphatic rings. The van der Waals surface area contributed by atoms with E-state index in [1.807, 2.05) is 17.7 Å². The van der Waals surface area contributed by atoms with Gasteiger partial charge in [-0.05, 0) is 19.4 Å². The molecule has 126 valence electrons. The van der Waals surface area contributed by atoms with Crippen molar-refractivity contribution in [1.29, 1.82) is 0 Å². The van der Waals surface area contributed by atoms with Gasteiger partial charge in [0.05, 0.1) is 11.6 Å². The monoisotopic (exact) mass is 358 g/mol. The Morgan fingerprint density at radius 3 is 2.74 bits per heavy atom. The number of hydrogen-bond acceptors (Lipinski definition) is 4. The van der Waals surface area contributed by atoms with Gasteiger partial charge in [-0.15, -0.1) is 0 Å². The molecule has 0 unspecified atom stereocenters. The molecule has 2 heterocycles. The van der Waals surface area contributed by atoms with Gasteiger partial charge >= 0.3 is 0 Å². The summed E-state index contributed by atoms with van der Waals surface area (Å²) in [6.45, 7) is 3.13. The van der Waals surface area contributed by atoms with Gasteiger partial charge < -0.3 is 19.7 Å². The molecule has 0 aliphatic heterocycles. The second-order valence-corrected chi connectivity index (χ2v) is 5.79. The fourth-order valence-electron chi connectivity index (χ4n) is 2.04. The minimum absolute atomic E-state index is 0.529. The highest BCUT2D eigenvalue weighted by Crippen LogP contribution is 2.24. The van der Waals surface area contributed by atoms with E-state index in [0.717, 1.165) is 25.1 Å². The van der Waals surface area contributed by atoms with Crippen molar-refractivity contribution in [2.75, 3.05) is 13.6 Å². The summed E-state index contributed by atoms with van der Waals surface area (Å²) in [7, 11) is 3.59. The van der Waals surface area contributed by atoms with Gasteiger partial charge in [0.1, 0.15) is 5.15 Å². The first kappa shape index (κ1) is 17.6. The molecule has 23 heavy (non-hydrogen) atoms. The summed E-state index contributed by atoms with van der Waals surface area (Å²) in [6, 6.07) is 1.84. The van der Waals surface area contributed by atoms with Gasteiger partial charge in [0.15, 0.2) is 11.8 Å². The number of aryl methyl sites for hydroxylation is 2. The van der Waals surface area contributed by atoms with E-state index in [4.69, 9.17) is 27.7 Å². The molecule has 0 fully saturated rings. The molecular weight excluding hydrogens is 339 g/mol. The average Bonchev–Trinajstić information content (AvgIpc) is 3.05. The van der Waals surface area contributed by atoms with Crippen LogP contribution in [0.15, 0.2) is 15.6 Å². The summed E-state index contributed by atoms with van der Waals surface area (Å²) >= 11 is 12.0. The molecule has 0 radical (unpaired) electrons. The molecule has 9 heteroatoms. The second kappa shape index (κ2) is 8.21. The third kappa shape index (κ3) is 4.87. The lowest BCUT2D eigenvalue weighted by Crippen LogP contribution is -2.37. The lowest BCUT2D eigenvalue weighted by molar-refractivity contribution is 0.372. The molecule has 0 saturated heterocycles. The van der Waals surface area contributed by atoms with Crippen molar-refractivity contribution < 1.29 is 4.52 Å². The van der Waals surface area contributed by atoms with Crippen molar-refractivity contribution in [2.24, 2.45) is 12.0 Å². The maximum absolute atomic E-state index is 6.05. The molecule has 0 amide bonds. The van der Waals surface area contributed by atoms with Crippen LogP contribution in [0.2, 0.25) is 10.2 Å². The van der Waals surface area contributed by atoms with Crippen molar-refractivity contribution in [2.45, 2.75) is 26.3 Å². The Balaban J connectivity index is 1.74. The average molecular weight is 359 g/mol. The van der Waals surface area contributed by atoms with Crippen LogP contribution in [0.25, 0.3) is 0 Å². The van der Waals surface area contributed by atoms with Gasteiger partial charge in [-0.25, -0.2) is 0 Å². The third-order valence-corrected chi connectivity index (χ3v) is 4.15. The molecule has 0 atom stereocenters. The van der Waals surface area contributed by atoms with Crippen LogP contribution in [0.4, 0.5) is 0 Å². The van der Waals surface area contributed by atoms with Crippen LogP contribution in [0.1, 0.15) is 23.8 Å². The highest BCUT2D eigenvalue weighted by Gasteiger charge is 2.09. The zero-order valence-corrected chi connectivity index (χ0v) is 14.9. The van der Waals surface area contributed by atoms with Crippen LogP contribution in [-0.2, 0) is 20.0 Å². The number of aliphatic imine (C=N–C) groups is 1. The maximum Gasteiger partial charge on any atom is 0.226 e. The topological polar surface area (TPSA) is 80.3 Å². The highest BCUT2D eigenvalue weighted by molar-refractivity contribution is 6.41. The number of nitrogens with zero attached hydrogens (tertiary/aromatic N) is 4. The first-order chi connectivity index (χ1) is 11.0. The quantitative estimate of drug-likeness (QED) is 0.470. The smallest absolute Gasteiger partial charge is 0.226 e. The van der Waals surface area contributed by atoms with E-state index in [1.165, 1.54) is 0 Å². The maximum atomic E-state index is 6.05. The molecule has 0 saturated carbocycles. The fourth-order valence-corrected chi connectivity index (χ4v) is 2.46. The molecule has 0 aliphatic carbocycles. The van der Waals surface area contributed by atoms with Crippen molar-refractivity contribution in [1.82, 2.24) is 25.3 Å². The predicted molar refractivity (Wildman–Crippen MR) is 91.0 cm³/mol. The summed E-state index contributed by atoms with van der Waals surface area (Å²) in [4.78, 5) is 8.34. The Morgan fingerprint density at radius 1 is 1.39 bits per heavy atom. The molecule has 0 bridgehead atoms. The molecule has 0 aromatic carbocycles. The van der Waals surface area contributed by atoms with Crippen LogP contribution < -0.4 is 10.6 Å². The third-order valence-electron chi connectivity index (χ3n) is 3.31. The normalized spacial score (nSPS) is 11.8. The predicted octanol–water partition coefficient (Wildman–Crippen LogP) is 2.32. The zero-order valence-electron chi connectivity index (χ0n) is 13.4. The van der Waals surface area contributed by atoms with E-state index in [1.54, 1.807) is 14.0 Å². The summed E-state index contributed by atoms with van der Waals surface area (Å²) in [5.41, 5.74) is 0.976. The van der Waals surface area contributed by atoms with Gasteiger partial charge in [0.25, 0.3) is 0 Å². The van der Waals surface area contributed by atoms with E-state index in [9.17, 15) is 0 Å². The highest BCUT2D eigenvalue weighted by atomic mass is 35.5. The molecule has 0 spiro atoms. The van der Waals surface area contributed by atoms with Crippen LogP contribution in [0.3, 0.4) is 0 Å². The number of hydrogen-bond donors (Lipinski definition) is 2.